The summed E-state index contributed by atoms with van der Waals surface area (Å²) in [6.07, 6.45) is 0. The fraction of sp³-hybridized carbons (Fsp3) is 0.273. The van der Waals surface area contributed by atoms with Crippen LogP contribution in [0.4, 0.5) is 5.69 Å². The van der Waals surface area contributed by atoms with Gasteiger partial charge in [-0.1, -0.05) is 17.3 Å². The molecule has 2 N–H and O–H groups in total. The van der Waals surface area contributed by atoms with Crippen LogP contribution in [0.1, 0.15) is 5.82 Å². The number of nitrogens with zero attached hydrogens (tertiary/aromatic N) is 3. The number of hydrogen-bond donors (Lipinski definition) is 1. The minimum atomic E-state index is 0.468. The summed E-state index contributed by atoms with van der Waals surface area (Å²) in [4.78, 5) is 6.26. The molecule has 0 atom stereocenters. The maximum absolute atomic E-state index is 5.82. The Morgan fingerprint density at radius 1 is 1.31 bits per heavy atom. The minimum Gasteiger partial charge on any atom is -0.398 e. The predicted molar refractivity (Wildman–Crippen MR) is 61.5 cm³/mol. The van der Waals surface area contributed by atoms with Gasteiger partial charge in [-0.25, -0.2) is 0 Å². The Kier molecular flexibility index (Phi) is 2.87. The van der Waals surface area contributed by atoms with E-state index in [0.29, 0.717) is 23.9 Å². The van der Waals surface area contributed by atoms with E-state index < -0.39 is 0 Å². The van der Waals surface area contributed by atoms with Gasteiger partial charge in [-0.3, -0.25) is 0 Å². The molecule has 0 bridgehead atoms. The van der Waals surface area contributed by atoms with Crippen molar-refractivity contribution in [3.05, 3.63) is 30.1 Å². The lowest BCUT2D eigenvalue weighted by Crippen LogP contribution is -2.11. The van der Waals surface area contributed by atoms with Crippen LogP contribution in [0.25, 0.3) is 11.5 Å². The molecule has 84 valence electrons. The van der Waals surface area contributed by atoms with E-state index in [0.717, 1.165) is 5.56 Å². The zero-order chi connectivity index (χ0) is 11.5. The van der Waals surface area contributed by atoms with Crippen molar-refractivity contribution < 1.29 is 4.52 Å². The Morgan fingerprint density at radius 3 is 2.75 bits per heavy atom. The highest BCUT2D eigenvalue weighted by Crippen LogP contribution is 2.23. The van der Waals surface area contributed by atoms with Crippen LogP contribution in [0.2, 0.25) is 0 Å². The molecule has 5 heteroatoms. The summed E-state index contributed by atoms with van der Waals surface area (Å²) in [7, 11) is 3.90. The quantitative estimate of drug-likeness (QED) is 0.788. The van der Waals surface area contributed by atoms with E-state index in [1.165, 1.54) is 0 Å². The van der Waals surface area contributed by atoms with Gasteiger partial charge in [0.15, 0.2) is 5.82 Å². The van der Waals surface area contributed by atoms with Crippen molar-refractivity contribution in [3.8, 4) is 11.5 Å². The molecule has 1 heterocycles. The van der Waals surface area contributed by atoms with Crippen LogP contribution in [-0.2, 0) is 6.54 Å². The summed E-state index contributed by atoms with van der Waals surface area (Å²) in [5.74, 6) is 1.12. The Hall–Kier alpha value is -1.88. The highest BCUT2D eigenvalue weighted by atomic mass is 16.5. The highest BCUT2D eigenvalue weighted by Gasteiger charge is 2.11. The normalized spacial score (nSPS) is 10.9. The lowest BCUT2D eigenvalue weighted by Gasteiger charge is -2.03. The Bertz CT molecular complexity index is 478. The molecule has 0 aliphatic carbocycles. The van der Waals surface area contributed by atoms with Crippen molar-refractivity contribution in [1.29, 1.82) is 0 Å². The number of para-hydroxylation sites is 1. The van der Waals surface area contributed by atoms with Gasteiger partial charge in [0.25, 0.3) is 5.89 Å². The van der Waals surface area contributed by atoms with Crippen LogP contribution in [0.3, 0.4) is 0 Å². The number of hydrogen-bond acceptors (Lipinski definition) is 5. The lowest BCUT2D eigenvalue weighted by molar-refractivity contribution is 0.365. The zero-order valence-electron chi connectivity index (χ0n) is 9.34. The smallest absolute Gasteiger partial charge is 0.260 e. The third-order valence-electron chi connectivity index (χ3n) is 2.12. The summed E-state index contributed by atoms with van der Waals surface area (Å²) in [6, 6.07) is 7.44. The first kappa shape index (κ1) is 10.6. The summed E-state index contributed by atoms with van der Waals surface area (Å²) < 4.78 is 5.16. The summed E-state index contributed by atoms with van der Waals surface area (Å²) in [5.41, 5.74) is 7.24. The maximum Gasteiger partial charge on any atom is 0.260 e. The topological polar surface area (TPSA) is 68.2 Å². The van der Waals surface area contributed by atoms with Gasteiger partial charge >= 0.3 is 0 Å². The second-order valence-corrected chi connectivity index (χ2v) is 3.84. The standard InChI is InChI=1S/C11H14N4O/c1-15(2)7-10-13-11(16-14-10)8-5-3-4-6-9(8)12/h3-6H,7,12H2,1-2H3. The van der Waals surface area contributed by atoms with E-state index in [9.17, 15) is 0 Å². The Morgan fingerprint density at radius 2 is 2.06 bits per heavy atom. The number of anilines is 1. The Balaban J connectivity index is 2.28. The number of nitrogens with two attached hydrogens (primary N) is 1. The molecule has 0 radical (unpaired) electrons. The van der Waals surface area contributed by atoms with Crippen LogP contribution < -0.4 is 5.73 Å². The van der Waals surface area contributed by atoms with Gasteiger partial charge < -0.3 is 15.2 Å². The average molecular weight is 218 g/mol. The van der Waals surface area contributed by atoms with Gasteiger partial charge in [0.2, 0.25) is 0 Å². The molecule has 0 aliphatic heterocycles. The molecule has 1 aromatic heterocycles. The maximum atomic E-state index is 5.82. The second-order valence-electron chi connectivity index (χ2n) is 3.84. The zero-order valence-corrected chi connectivity index (χ0v) is 9.34. The average Bonchev–Trinajstić information content (AvgIpc) is 2.66. The van der Waals surface area contributed by atoms with Crippen molar-refractivity contribution in [2.75, 3.05) is 19.8 Å². The molecular formula is C11H14N4O. The summed E-state index contributed by atoms with van der Waals surface area (Å²) in [5, 5.41) is 3.89. The SMILES string of the molecule is CN(C)Cc1noc(-c2ccccc2N)n1. The highest BCUT2D eigenvalue weighted by molar-refractivity contribution is 5.69. The third-order valence-corrected chi connectivity index (χ3v) is 2.12. The minimum absolute atomic E-state index is 0.468. The van der Waals surface area contributed by atoms with Gasteiger partial charge in [-0.05, 0) is 26.2 Å². The number of aromatic nitrogens is 2. The molecule has 0 fully saturated rings. The molecule has 0 saturated carbocycles. The molecule has 0 amide bonds. The van der Waals surface area contributed by atoms with Crippen LogP contribution in [0, 0.1) is 0 Å². The van der Waals surface area contributed by atoms with Crippen LogP contribution in [0.15, 0.2) is 28.8 Å². The van der Waals surface area contributed by atoms with E-state index in [1.807, 2.05) is 43.3 Å². The van der Waals surface area contributed by atoms with E-state index in [-0.39, 0.29) is 0 Å². The van der Waals surface area contributed by atoms with Crippen LogP contribution >= 0.6 is 0 Å². The molecule has 0 saturated heterocycles. The monoisotopic (exact) mass is 218 g/mol. The molecule has 0 spiro atoms. The van der Waals surface area contributed by atoms with Crippen molar-refractivity contribution in [2.45, 2.75) is 6.54 Å². The first-order valence-electron chi connectivity index (χ1n) is 4.99. The van der Waals surface area contributed by atoms with E-state index >= 15 is 0 Å². The molecule has 0 unspecified atom stereocenters. The number of nitrogen functional groups attached to an aromatic ring is 1. The fourth-order valence-electron chi connectivity index (χ4n) is 1.40. The molecule has 2 aromatic rings. The number of rotatable bonds is 3. The molecule has 5 nitrogen and oxygen atoms in total. The first-order chi connectivity index (χ1) is 7.66. The van der Waals surface area contributed by atoms with Gasteiger partial charge in [0.1, 0.15) is 0 Å². The van der Waals surface area contributed by atoms with Gasteiger partial charge in [-0.2, -0.15) is 4.98 Å². The van der Waals surface area contributed by atoms with Gasteiger partial charge in [0, 0.05) is 5.69 Å². The van der Waals surface area contributed by atoms with Crippen LogP contribution in [-0.4, -0.2) is 29.1 Å². The van der Waals surface area contributed by atoms with Gasteiger partial charge in [0.05, 0.1) is 12.1 Å². The van der Waals surface area contributed by atoms with Crippen molar-refractivity contribution in [3.63, 3.8) is 0 Å². The second kappa shape index (κ2) is 4.32. The predicted octanol–water partition coefficient (Wildman–Crippen LogP) is 1.38. The Labute approximate surface area is 93.9 Å². The van der Waals surface area contributed by atoms with E-state index in [1.54, 1.807) is 0 Å². The van der Waals surface area contributed by atoms with Crippen molar-refractivity contribution >= 4 is 5.69 Å². The summed E-state index contributed by atoms with van der Waals surface area (Å²) in [6.45, 7) is 0.649. The first-order valence-corrected chi connectivity index (χ1v) is 4.99. The molecule has 0 aliphatic rings. The fourth-order valence-corrected chi connectivity index (χ4v) is 1.40. The van der Waals surface area contributed by atoms with E-state index in [4.69, 9.17) is 10.3 Å². The van der Waals surface area contributed by atoms with Crippen molar-refractivity contribution in [1.82, 2.24) is 15.0 Å². The third kappa shape index (κ3) is 2.20. The molecule has 1 aromatic carbocycles. The van der Waals surface area contributed by atoms with Gasteiger partial charge in [-0.15, -0.1) is 0 Å². The summed E-state index contributed by atoms with van der Waals surface area (Å²) >= 11 is 0. The lowest BCUT2D eigenvalue weighted by atomic mass is 10.2. The van der Waals surface area contributed by atoms with Crippen molar-refractivity contribution in [2.24, 2.45) is 0 Å². The van der Waals surface area contributed by atoms with Crippen LogP contribution in [0.5, 0.6) is 0 Å². The molecule has 2 rings (SSSR count). The molecule has 16 heavy (non-hydrogen) atoms. The van der Waals surface area contributed by atoms with E-state index in [2.05, 4.69) is 10.1 Å². The largest absolute Gasteiger partial charge is 0.398 e. The number of benzene rings is 1. The molecular weight excluding hydrogens is 204 g/mol.